The third-order valence-electron chi connectivity index (χ3n) is 4.39. The fourth-order valence-corrected chi connectivity index (χ4v) is 3.14. The predicted molar refractivity (Wildman–Crippen MR) is 89.3 cm³/mol. The highest BCUT2D eigenvalue weighted by atomic mass is 19.1. The second-order valence-electron chi connectivity index (χ2n) is 6.29. The first kappa shape index (κ1) is 16.9. The zero-order chi connectivity index (χ0) is 17.1. The topological polar surface area (TPSA) is 63.5 Å². The van der Waals surface area contributed by atoms with E-state index in [4.69, 9.17) is 9.15 Å². The molecule has 130 valence electrons. The van der Waals surface area contributed by atoms with Crippen LogP contribution in [0.2, 0.25) is 0 Å². The number of carbonyl (C=O) groups excluding carboxylic acids is 1. The molecule has 0 bridgehead atoms. The number of furan rings is 1. The van der Waals surface area contributed by atoms with Gasteiger partial charge in [-0.1, -0.05) is 0 Å². The molecular formula is C18H23FN2O3. The molecule has 2 N–H and O–H groups in total. The fraction of sp³-hybridized carbons (Fsp3) is 0.500. The summed E-state index contributed by atoms with van der Waals surface area (Å²) >= 11 is 0. The maximum absolute atomic E-state index is 13.4. The van der Waals surface area contributed by atoms with Crippen molar-refractivity contribution >= 4 is 16.9 Å². The van der Waals surface area contributed by atoms with Crippen molar-refractivity contribution in [1.82, 2.24) is 10.6 Å². The first-order valence-electron chi connectivity index (χ1n) is 8.35. The molecule has 1 aliphatic rings. The molecule has 1 aromatic heterocycles. The molecule has 0 spiro atoms. The van der Waals surface area contributed by atoms with Gasteiger partial charge in [0.1, 0.15) is 17.2 Å². The van der Waals surface area contributed by atoms with Crippen LogP contribution in [-0.2, 0) is 9.53 Å². The number of carbonyl (C=O) groups is 1. The van der Waals surface area contributed by atoms with E-state index in [0.29, 0.717) is 17.9 Å². The minimum atomic E-state index is -0.298. The van der Waals surface area contributed by atoms with Crippen LogP contribution < -0.4 is 10.6 Å². The zero-order valence-electron chi connectivity index (χ0n) is 14.0. The standard InChI is InChI=1S/C18H23FN2O3/c1-11-15-8-13(19)5-6-16(15)24-18(11)12(2)21-17(22)10-20-9-14-4-3-7-23-14/h5-6,8,12,14,20H,3-4,7,9-10H2,1-2H3,(H,21,22)/t12-,14+/m0/s1. The predicted octanol–water partition coefficient (Wildman–Crippen LogP) is 2.83. The van der Waals surface area contributed by atoms with Crippen LogP contribution in [0.1, 0.15) is 37.1 Å². The number of fused-ring (bicyclic) bond motifs is 1. The summed E-state index contributed by atoms with van der Waals surface area (Å²) in [6.07, 6.45) is 2.34. The van der Waals surface area contributed by atoms with E-state index in [-0.39, 0.29) is 30.4 Å². The van der Waals surface area contributed by atoms with Gasteiger partial charge < -0.3 is 19.8 Å². The third kappa shape index (κ3) is 3.76. The Balaban J connectivity index is 1.56. The van der Waals surface area contributed by atoms with E-state index in [2.05, 4.69) is 10.6 Å². The number of nitrogens with one attached hydrogen (secondary N) is 2. The summed E-state index contributed by atoms with van der Waals surface area (Å²) in [7, 11) is 0. The lowest BCUT2D eigenvalue weighted by atomic mass is 10.1. The highest BCUT2D eigenvalue weighted by Gasteiger charge is 2.19. The van der Waals surface area contributed by atoms with Crippen molar-refractivity contribution < 1.29 is 18.3 Å². The summed E-state index contributed by atoms with van der Waals surface area (Å²) in [5.74, 6) is 0.252. The number of aryl methyl sites for hydroxylation is 1. The Morgan fingerprint density at radius 3 is 3.04 bits per heavy atom. The van der Waals surface area contributed by atoms with Crippen molar-refractivity contribution in [2.75, 3.05) is 19.7 Å². The summed E-state index contributed by atoms with van der Waals surface area (Å²) in [6, 6.07) is 4.15. The molecule has 3 rings (SSSR count). The average molecular weight is 334 g/mol. The summed E-state index contributed by atoms with van der Waals surface area (Å²) in [5, 5.41) is 6.76. The molecule has 1 aliphatic heterocycles. The molecule has 0 saturated carbocycles. The first-order chi connectivity index (χ1) is 11.5. The normalized spacial score (nSPS) is 18.9. The fourth-order valence-electron chi connectivity index (χ4n) is 3.14. The Hall–Kier alpha value is -1.92. The molecule has 2 atom stereocenters. The van der Waals surface area contributed by atoms with Gasteiger partial charge >= 0.3 is 0 Å². The molecule has 0 unspecified atom stereocenters. The Bertz CT molecular complexity index is 722. The third-order valence-corrected chi connectivity index (χ3v) is 4.39. The largest absolute Gasteiger partial charge is 0.459 e. The van der Waals surface area contributed by atoms with Gasteiger partial charge in [-0.15, -0.1) is 0 Å². The molecule has 1 saturated heterocycles. The molecule has 2 aromatic rings. The van der Waals surface area contributed by atoms with Crippen LogP contribution in [0.25, 0.3) is 11.0 Å². The van der Waals surface area contributed by atoms with E-state index < -0.39 is 0 Å². The number of amides is 1. The van der Waals surface area contributed by atoms with Crippen molar-refractivity contribution in [2.24, 2.45) is 0 Å². The molecule has 24 heavy (non-hydrogen) atoms. The van der Waals surface area contributed by atoms with E-state index in [0.717, 1.165) is 30.4 Å². The van der Waals surface area contributed by atoms with Gasteiger partial charge in [0.05, 0.1) is 18.7 Å². The van der Waals surface area contributed by atoms with Gasteiger partial charge in [-0.3, -0.25) is 4.79 Å². The smallest absolute Gasteiger partial charge is 0.234 e. The molecule has 1 amide bonds. The van der Waals surface area contributed by atoms with Crippen LogP contribution in [0.5, 0.6) is 0 Å². The molecule has 1 fully saturated rings. The molecule has 0 radical (unpaired) electrons. The maximum atomic E-state index is 13.4. The van der Waals surface area contributed by atoms with Crippen molar-refractivity contribution in [1.29, 1.82) is 0 Å². The van der Waals surface area contributed by atoms with Crippen LogP contribution in [0.3, 0.4) is 0 Å². The summed E-state index contributed by atoms with van der Waals surface area (Å²) < 4.78 is 24.7. The first-order valence-corrected chi connectivity index (χ1v) is 8.35. The highest BCUT2D eigenvalue weighted by molar-refractivity contribution is 5.83. The van der Waals surface area contributed by atoms with Gasteiger partial charge in [0, 0.05) is 24.1 Å². The number of halogens is 1. The van der Waals surface area contributed by atoms with E-state index in [1.165, 1.54) is 12.1 Å². The zero-order valence-corrected chi connectivity index (χ0v) is 14.0. The van der Waals surface area contributed by atoms with Gasteiger partial charge in [-0.05, 0) is 44.9 Å². The van der Waals surface area contributed by atoms with E-state index in [1.54, 1.807) is 6.07 Å². The molecule has 6 heteroatoms. The van der Waals surface area contributed by atoms with Crippen LogP contribution >= 0.6 is 0 Å². The van der Waals surface area contributed by atoms with Gasteiger partial charge in [0.2, 0.25) is 5.91 Å². The van der Waals surface area contributed by atoms with E-state index in [9.17, 15) is 9.18 Å². The Morgan fingerprint density at radius 2 is 2.29 bits per heavy atom. The second kappa shape index (κ2) is 7.32. The van der Waals surface area contributed by atoms with Crippen LogP contribution in [0, 0.1) is 12.7 Å². The van der Waals surface area contributed by atoms with Crippen molar-refractivity contribution in [3.05, 3.63) is 35.3 Å². The Morgan fingerprint density at radius 1 is 1.46 bits per heavy atom. The van der Waals surface area contributed by atoms with Crippen molar-refractivity contribution in [2.45, 2.75) is 38.8 Å². The molecular weight excluding hydrogens is 311 g/mol. The second-order valence-corrected chi connectivity index (χ2v) is 6.29. The molecule has 1 aromatic carbocycles. The number of hydrogen-bond acceptors (Lipinski definition) is 4. The van der Waals surface area contributed by atoms with Crippen LogP contribution in [0.15, 0.2) is 22.6 Å². The lowest BCUT2D eigenvalue weighted by Gasteiger charge is -2.14. The summed E-state index contributed by atoms with van der Waals surface area (Å²) in [6.45, 7) is 5.46. The lowest BCUT2D eigenvalue weighted by Crippen LogP contribution is -2.38. The van der Waals surface area contributed by atoms with Gasteiger partial charge in [0.25, 0.3) is 0 Å². The van der Waals surface area contributed by atoms with E-state index >= 15 is 0 Å². The van der Waals surface area contributed by atoms with Crippen molar-refractivity contribution in [3.63, 3.8) is 0 Å². The number of benzene rings is 1. The Labute approximate surface area is 140 Å². The highest BCUT2D eigenvalue weighted by Crippen LogP contribution is 2.29. The molecule has 0 aliphatic carbocycles. The summed E-state index contributed by atoms with van der Waals surface area (Å²) in [5.41, 5.74) is 1.48. The van der Waals surface area contributed by atoms with E-state index in [1.807, 2.05) is 13.8 Å². The Kier molecular flexibility index (Phi) is 5.16. The van der Waals surface area contributed by atoms with Gasteiger partial charge in [-0.25, -0.2) is 4.39 Å². The monoisotopic (exact) mass is 334 g/mol. The SMILES string of the molecule is Cc1c([C@H](C)NC(=O)CNC[C@H]2CCCO2)oc2ccc(F)cc12. The molecule has 5 nitrogen and oxygen atoms in total. The maximum Gasteiger partial charge on any atom is 0.234 e. The minimum Gasteiger partial charge on any atom is -0.459 e. The molecule has 2 heterocycles. The van der Waals surface area contributed by atoms with Crippen LogP contribution in [-0.4, -0.2) is 31.7 Å². The van der Waals surface area contributed by atoms with Crippen LogP contribution in [0.4, 0.5) is 4.39 Å². The van der Waals surface area contributed by atoms with Gasteiger partial charge in [0.15, 0.2) is 0 Å². The van der Waals surface area contributed by atoms with Crippen molar-refractivity contribution in [3.8, 4) is 0 Å². The number of hydrogen-bond donors (Lipinski definition) is 2. The number of ether oxygens (including phenoxy) is 1. The average Bonchev–Trinajstić information content (AvgIpc) is 3.16. The quantitative estimate of drug-likeness (QED) is 0.853. The summed E-state index contributed by atoms with van der Waals surface area (Å²) in [4.78, 5) is 12.1. The number of rotatable bonds is 6. The van der Waals surface area contributed by atoms with Gasteiger partial charge in [-0.2, -0.15) is 0 Å². The lowest BCUT2D eigenvalue weighted by molar-refractivity contribution is -0.121. The minimum absolute atomic E-state index is 0.105.